The Bertz CT molecular complexity index is 4140. The summed E-state index contributed by atoms with van der Waals surface area (Å²) in [4.78, 5) is 2.65. The van der Waals surface area contributed by atoms with E-state index in [1.165, 1.54) is 124 Å². The number of thiophene rings is 1. The van der Waals surface area contributed by atoms with Crippen molar-refractivity contribution < 1.29 is 4.42 Å². The van der Waals surface area contributed by atoms with Gasteiger partial charge in [-0.25, -0.2) is 0 Å². The maximum absolute atomic E-state index is 7.34. The number of nitrogens with one attached hydrogen (secondary N) is 1. The first-order valence-corrected chi connectivity index (χ1v) is 29.6. The summed E-state index contributed by atoms with van der Waals surface area (Å²) in [5.41, 5.74) is 26.7. The van der Waals surface area contributed by atoms with Gasteiger partial charge in [0.1, 0.15) is 11.2 Å². The van der Waals surface area contributed by atoms with E-state index in [0.29, 0.717) is 0 Å². The molecular weight excluding hydrogens is 964 g/mol. The topological polar surface area (TPSA) is 28.4 Å². The molecule has 0 bridgehead atoms. The Morgan fingerprint density at radius 1 is 0.526 bits per heavy atom. The van der Waals surface area contributed by atoms with E-state index >= 15 is 0 Å². The Hall–Kier alpha value is -6.82. The molecule has 2 aromatic heterocycles. The summed E-state index contributed by atoms with van der Waals surface area (Å²) < 4.78 is 10.1. The highest BCUT2D eigenvalue weighted by Crippen LogP contribution is 2.58. The molecule has 0 atom stereocenters. The van der Waals surface area contributed by atoms with Crippen LogP contribution in [0.15, 0.2) is 150 Å². The van der Waals surface area contributed by atoms with Crippen molar-refractivity contribution in [2.45, 2.75) is 148 Å². The van der Waals surface area contributed by atoms with Crippen LogP contribution < -0.4 is 20.5 Å². The summed E-state index contributed by atoms with van der Waals surface area (Å²) in [6.07, 6.45) is 4.72. The minimum Gasteiger partial charge on any atom is -0.455 e. The highest BCUT2D eigenvalue weighted by Gasteiger charge is 2.45. The molecule has 14 rings (SSSR count). The van der Waals surface area contributed by atoms with Crippen LogP contribution >= 0.6 is 11.3 Å². The van der Waals surface area contributed by atoms with Crippen LogP contribution in [0.1, 0.15) is 155 Å². The van der Waals surface area contributed by atoms with Gasteiger partial charge in [-0.1, -0.05) is 169 Å². The van der Waals surface area contributed by atoms with Crippen LogP contribution in [0, 0.1) is 0 Å². The third-order valence-corrected chi connectivity index (χ3v) is 20.7. The molecule has 1 aliphatic heterocycles. The molecule has 0 spiro atoms. The quantitative estimate of drug-likeness (QED) is 0.174. The average molecular weight is 1040 g/mol. The van der Waals surface area contributed by atoms with Crippen LogP contribution in [0.4, 0.5) is 28.4 Å². The van der Waals surface area contributed by atoms with Crippen LogP contribution in [-0.2, 0) is 32.5 Å². The predicted molar refractivity (Wildman–Crippen MR) is 338 cm³/mol. The van der Waals surface area contributed by atoms with Gasteiger partial charge in [-0.2, -0.15) is 0 Å². The number of hydrogen-bond donors (Lipinski definition) is 1. The molecular formula is C73H73BN2OS. The first kappa shape index (κ1) is 49.5. The van der Waals surface area contributed by atoms with Crippen LogP contribution in [-0.4, -0.2) is 7.28 Å². The normalized spacial score (nSPS) is 17.9. The highest BCUT2D eigenvalue weighted by atomic mass is 32.1. The molecule has 10 aromatic rings. The molecule has 3 aliphatic carbocycles. The molecule has 0 unspecified atom stereocenters. The summed E-state index contributed by atoms with van der Waals surface area (Å²) in [5.74, 6) is 0. The smallest absolute Gasteiger partial charge is 0.211 e. The predicted octanol–water partition coefficient (Wildman–Crippen LogP) is 19.4. The fraction of sp³-hybridized carbons (Fsp3) is 0.315. The summed E-state index contributed by atoms with van der Waals surface area (Å²) in [6.45, 7) is 31.6. The Balaban J connectivity index is 1.07. The lowest BCUT2D eigenvalue weighted by molar-refractivity contribution is 0.331. The van der Waals surface area contributed by atoms with Crippen LogP contribution in [0.2, 0.25) is 0 Å². The zero-order valence-electron chi connectivity index (χ0n) is 48.2. The number of fused-ring (bicyclic) bond motifs is 12. The van der Waals surface area contributed by atoms with Crippen molar-refractivity contribution in [3.05, 3.63) is 185 Å². The molecule has 1 N–H and O–H groups in total. The lowest BCUT2D eigenvalue weighted by Crippen LogP contribution is -2.39. The van der Waals surface area contributed by atoms with Gasteiger partial charge in [0.15, 0.2) is 0 Å². The molecule has 0 saturated carbocycles. The molecule has 3 heterocycles. The van der Waals surface area contributed by atoms with E-state index in [9.17, 15) is 0 Å². The van der Waals surface area contributed by atoms with E-state index in [2.05, 4.69) is 246 Å². The Labute approximate surface area is 467 Å². The molecule has 4 aliphatic rings. The van der Waals surface area contributed by atoms with Crippen molar-refractivity contribution >= 4 is 89.3 Å². The zero-order valence-corrected chi connectivity index (χ0v) is 49.0. The van der Waals surface area contributed by atoms with Gasteiger partial charge < -0.3 is 14.6 Å². The summed E-state index contributed by atoms with van der Waals surface area (Å²) in [5, 5.41) is 7.75. The molecule has 5 heteroatoms. The van der Waals surface area contributed by atoms with Crippen LogP contribution in [0.25, 0.3) is 65.4 Å². The standard InChI is InChI=1S/C73H73BN2OS/c1-68(2,3)44-25-29-46(30-26-44)76-60-38-50-47-21-17-18-22-61(47)77-66(50)63(64(60)74-67-65(76)52-37-56-58(41-62(52)78-67)72(10,11)34-32-70(56,6)7)51-35-48-49-36-55-57(71(8,9)33-31-69(55,4)5)39-53(49)73(12,13)54(48)40-59(51)75-45-27-23-43(24-28-45)42-19-15-14-16-20-42/h14-30,35-41,74-75H,31-34H2,1-13H3. The SMILES string of the molecule is CC(C)(C)c1ccc(N2c3cc4c(oc5ccccc54)c(-c4cc5c(cc4Nc4ccc(-c6ccccc6)cc4)C(C)(C)c4cc6c(cc4-5)C(C)(C)CCC6(C)C)c3Bc3sc4cc5c(cc4c32)C(C)(C)CCC5(C)C)cc1. The van der Waals surface area contributed by atoms with Crippen molar-refractivity contribution in [1.29, 1.82) is 0 Å². The zero-order chi connectivity index (χ0) is 54.2. The minimum absolute atomic E-state index is 0.0162. The molecule has 78 heavy (non-hydrogen) atoms. The van der Waals surface area contributed by atoms with Gasteiger partial charge in [0, 0.05) is 60.2 Å². The van der Waals surface area contributed by atoms with Crippen molar-refractivity contribution in [2.75, 3.05) is 10.2 Å². The second kappa shape index (κ2) is 16.6. The van der Waals surface area contributed by atoms with Gasteiger partial charge in [0.2, 0.25) is 7.28 Å². The number of hydrogen-bond acceptors (Lipinski definition) is 4. The van der Waals surface area contributed by atoms with Crippen molar-refractivity contribution in [3.63, 3.8) is 0 Å². The monoisotopic (exact) mass is 1040 g/mol. The largest absolute Gasteiger partial charge is 0.455 e. The lowest BCUT2D eigenvalue weighted by atomic mass is 9.61. The molecule has 0 amide bonds. The van der Waals surface area contributed by atoms with Crippen molar-refractivity contribution in [3.8, 4) is 33.4 Å². The van der Waals surface area contributed by atoms with E-state index in [1.54, 1.807) is 0 Å². The maximum atomic E-state index is 7.34. The third kappa shape index (κ3) is 7.42. The summed E-state index contributed by atoms with van der Waals surface area (Å²) in [7, 11) is 0.779. The number of furan rings is 1. The van der Waals surface area contributed by atoms with E-state index in [1.807, 2.05) is 11.3 Å². The number of anilines is 5. The lowest BCUT2D eigenvalue weighted by Gasteiger charge is -2.42. The van der Waals surface area contributed by atoms with Gasteiger partial charge in [-0.05, 0) is 191 Å². The van der Waals surface area contributed by atoms with Gasteiger partial charge in [-0.15, -0.1) is 11.3 Å². The average Bonchev–Trinajstić information content (AvgIpc) is 3.74. The fourth-order valence-electron chi connectivity index (χ4n) is 14.4. The Kier molecular flexibility index (Phi) is 10.5. The Morgan fingerprint density at radius 3 is 1.77 bits per heavy atom. The molecule has 3 nitrogen and oxygen atoms in total. The van der Waals surface area contributed by atoms with Crippen molar-refractivity contribution in [2.24, 2.45) is 0 Å². The Morgan fingerprint density at radius 2 is 1.10 bits per heavy atom. The van der Waals surface area contributed by atoms with Gasteiger partial charge in [-0.3, -0.25) is 0 Å². The fourth-order valence-corrected chi connectivity index (χ4v) is 15.7. The number of nitrogens with zero attached hydrogens (tertiary/aromatic N) is 1. The van der Waals surface area contributed by atoms with Gasteiger partial charge in [0.25, 0.3) is 0 Å². The summed E-state index contributed by atoms with van der Waals surface area (Å²) in [6, 6.07) is 55.9. The van der Waals surface area contributed by atoms with E-state index in [4.69, 9.17) is 4.42 Å². The number of benzene rings is 8. The molecule has 390 valence electrons. The second-order valence-electron chi connectivity index (χ2n) is 27.9. The van der Waals surface area contributed by atoms with E-state index in [-0.39, 0.29) is 32.5 Å². The van der Waals surface area contributed by atoms with Gasteiger partial charge >= 0.3 is 0 Å². The number of rotatable bonds is 5. The minimum atomic E-state index is -0.238. The van der Waals surface area contributed by atoms with E-state index in [0.717, 1.165) is 51.7 Å². The third-order valence-electron chi connectivity index (χ3n) is 19.6. The first-order chi connectivity index (χ1) is 37.0. The molecule has 0 fully saturated rings. The highest BCUT2D eigenvalue weighted by molar-refractivity contribution is 7.29. The molecule has 0 saturated heterocycles. The molecule has 8 aromatic carbocycles. The van der Waals surface area contributed by atoms with E-state index < -0.39 is 0 Å². The molecule has 0 radical (unpaired) electrons. The number of para-hydroxylation sites is 1. The van der Waals surface area contributed by atoms with Crippen LogP contribution in [0.5, 0.6) is 0 Å². The second-order valence-corrected chi connectivity index (χ2v) is 29.1. The van der Waals surface area contributed by atoms with Gasteiger partial charge in [0.05, 0.1) is 5.69 Å². The summed E-state index contributed by atoms with van der Waals surface area (Å²) >= 11 is 2.00. The first-order valence-electron chi connectivity index (χ1n) is 28.8. The maximum Gasteiger partial charge on any atom is 0.211 e. The van der Waals surface area contributed by atoms with Crippen LogP contribution in [0.3, 0.4) is 0 Å². The van der Waals surface area contributed by atoms with Crippen molar-refractivity contribution in [1.82, 2.24) is 0 Å².